The summed E-state index contributed by atoms with van der Waals surface area (Å²) in [5.74, 6) is -0.220. The molecule has 0 saturated heterocycles. The molecule has 2 saturated carbocycles. The van der Waals surface area contributed by atoms with Gasteiger partial charge >= 0.3 is 0 Å². The molecule has 0 bridgehead atoms. The zero-order valence-corrected chi connectivity index (χ0v) is 19.3. The van der Waals surface area contributed by atoms with Gasteiger partial charge in [-0.25, -0.2) is 0 Å². The standard InChI is InChI=1S/C23H36N2O4S/c1-14(22(28)24-12-16-6-5-11-30-16)17-7-9-23(3)10-8-18(25-19(26)13-29-4)15(2)20(23)21(17)27/h5-6,11,14-15,17-18,20-21,27H,7-10,12-13H2,1-4H3,(H,24,28)(H,25,26)/t14-,15+,17+,18-,20+,21-,23-/m0/s1. The monoisotopic (exact) mass is 436 g/mol. The summed E-state index contributed by atoms with van der Waals surface area (Å²) in [4.78, 5) is 26.0. The van der Waals surface area contributed by atoms with E-state index in [0.717, 1.165) is 30.6 Å². The molecule has 7 heteroatoms. The van der Waals surface area contributed by atoms with E-state index in [1.165, 1.54) is 7.11 Å². The molecule has 2 aliphatic rings. The average Bonchev–Trinajstić information content (AvgIpc) is 3.22. The predicted octanol–water partition coefficient (Wildman–Crippen LogP) is 2.95. The van der Waals surface area contributed by atoms with Crippen molar-refractivity contribution in [2.24, 2.45) is 29.1 Å². The first-order valence-corrected chi connectivity index (χ1v) is 11.9. The van der Waals surface area contributed by atoms with Crippen LogP contribution in [-0.4, -0.2) is 42.8 Å². The van der Waals surface area contributed by atoms with Gasteiger partial charge in [0.05, 0.1) is 12.6 Å². The van der Waals surface area contributed by atoms with Crippen molar-refractivity contribution >= 4 is 23.2 Å². The quantitative estimate of drug-likeness (QED) is 0.613. The fraction of sp³-hybridized carbons (Fsp3) is 0.739. The molecule has 0 spiro atoms. The van der Waals surface area contributed by atoms with Crippen molar-refractivity contribution in [1.82, 2.24) is 10.6 Å². The summed E-state index contributed by atoms with van der Waals surface area (Å²) < 4.78 is 4.95. The van der Waals surface area contributed by atoms with Crippen molar-refractivity contribution < 1.29 is 19.4 Å². The number of hydrogen-bond acceptors (Lipinski definition) is 5. The smallest absolute Gasteiger partial charge is 0.246 e. The van der Waals surface area contributed by atoms with E-state index in [0.29, 0.717) is 6.54 Å². The van der Waals surface area contributed by atoms with Crippen LogP contribution in [0.1, 0.15) is 51.3 Å². The number of amides is 2. The summed E-state index contributed by atoms with van der Waals surface area (Å²) >= 11 is 1.63. The van der Waals surface area contributed by atoms with Gasteiger partial charge in [-0.1, -0.05) is 26.8 Å². The lowest BCUT2D eigenvalue weighted by atomic mass is 9.51. The van der Waals surface area contributed by atoms with Crippen LogP contribution in [0.3, 0.4) is 0 Å². The van der Waals surface area contributed by atoms with Gasteiger partial charge < -0.3 is 20.5 Å². The predicted molar refractivity (Wildman–Crippen MR) is 118 cm³/mol. The second-order valence-electron chi connectivity index (χ2n) is 9.46. The van der Waals surface area contributed by atoms with Crippen LogP contribution in [0.25, 0.3) is 0 Å². The molecule has 1 aromatic rings. The molecule has 6 nitrogen and oxygen atoms in total. The minimum atomic E-state index is -0.552. The van der Waals surface area contributed by atoms with Crippen LogP contribution < -0.4 is 10.6 Å². The number of nitrogens with one attached hydrogen (secondary N) is 2. The molecule has 2 aliphatic carbocycles. The zero-order chi connectivity index (χ0) is 21.9. The lowest BCUT2D eigenvalue weighted by Gasteiger charge is -2.56. The van der Waals surface area contributed by atoms with Gasteiger partial charge in [0.2, 0.25) is 11.8 Å². The number of aliphatic hydroxyl groups is 1. The van der Waals surface area contributed by atoms with Crippen LogP contribution in [-0.2, 0) is 20.9 Å². The summed E-state index contributed by atoms with van der Waals surface area (Å²) in [6, 6.07) is 4.02. The minimum Gasteiger partial charge on any atom is -0.392 e. The molecular weight excluding hydrogens is 400 g/mol. The summed E-state index contributed by atoms with van der Waals surface area (Å²) in [5.41, 5.74) is 0.0466. The molecule has 168 valence electrons. The van der Waals surface area contributed by atoms with E-state index >= 15 is 0 Å². The first kappa shape index (κ1) is 23.2. The van der Waals surface area contributed by atoms with Crippen molar-refractivity contribution in [2.75, 3.05) is 13.7 Å². The van der Waals surface area contributed by atoms with Crippen LogP contribution in [0, 0.1) is 29.1 Å². The highest BCUT2D eigenvalue weighted by Crippen LogP contribution is 2.55. The third-order valence-electron chi connectivity index (χ3n) is 7.58. The Hall–Kier alpha value is -1.44. The van der Waals surface area contributed by atoms with Crippen LogP contribution in [0.5, 0.6) is 0 Å². The normalized spacial score (nSPS) is 34.6. The number of hydrogen-bond donors (Lipinski definition) is 3. The molecule has 30 heavy (non-hydrogen) atoms. The maximum atomic E-state index is 12.8. The Bertz CT molecular complexity index is 725. The van der Waals surface area contributed by atoms with Gasteiger partial charge in [-0.15, -0.1) is 11.3 Å². The van der Waals surface area contributed by atoms with Crippen LogP contribution in [0.15, 0.2) is 17.5 Å². The van der Waals surface area contributed by atoms with Gasteiger partial charge in [0.1, 0.15) is 6.61 Å². The molecule has 1 heterocycles. The van der Waals surface area contributed by atoms with E-state index in [1.807, 2.05) is 24.4 Å². The van der Waals surface area contributed by atoms with Crippen LogP contribution >= 0.6 is 11.3 Å². The van der Waals surface area contributed by atoms with Crippen molar-refractivity contribution in [2.45, 2.75) is 65.1 Å². The van der Waals surface area contributed by atoms with E-state index in [2.05, 4.69) is 24.5 Å². The lowest BCUT2D eigenvalue weighted by molar-refractivity contribution is -0.144. The fourth-order valence-electron chi connectivity index (χ4n) is 5.82. The van der Waals surface area contributed by atoms with Crippen molar-refractivity contribution in [3.05, 3.63) is 22.4 Å². The molecular formula is C23H36N2O4S. The zero-order valence-electron chi connectivity index (χ0n) is 18.5. The van der Waals surface area contributed by atoms with Crippen molar-refractivity contribution in [3.63, 3.8) is 0 Å². The number of methoxy groups -OCH3 is 1. The van der Waals surface area contributed by atoms with Gasteiger partial charge in [-0.3, -0.25) is 9.59 Å². The number of carbonyl (C=O) groups excluding carboxylic acids is 2. The van der Waals surface area contributed by atoms with Gasteiger partial charge in [-0.05, 0) is 60.3 Å². The molecule has 0 aromatic carbocycles. The van der Waals surface area contributed by atoms with E-state index in [-0.39, 0.29) is 53.5 Å². The Morgan fingerprint density at radius 2 is 2.10 bits per heavy atom. The van der Waals surface area contributed by atoms with Gasteiger partial charge in [0.15, 0.2) is 0 Å². The summed E-state index contributed by atoms with van der Waals surface area (Å²) in [7, 11) is 1.52. The third kappa shape index (κ3) is 4.89. The maximum Gasteiger partial charge on any atom is 0.246 e. The molecule has 3 N–H and O–H groups in total. The lowest BCUT2D eigenvalue weighted by Crippen LogP contribution is -2.58. The molecule has 1 aromatic heterocycles. The molecule has 3 rings (SSSR count). The van der Waals surface area contributed by atoms with Gasteiger partial charge in [-0.2, -0.15) is 0 Å². The number of thiophene rings is 1. The van der Waals surface area contributed by atoms with E-state index < -0.39 is 6.10 Å². The van der Waals surface area contributed by atoms with Crippen LogP contribution in [0.4, 0.5) is 0 Å². The summed E-state index contributed by atoms with van der Waals surface area (Å²) in [6.45, 7) is 6.92. The molecule has 2 amide bonds. The average molecular weight is 437 g/mol. The SMILES string of the molecule is COCC(=O)N[C@H]1CC[C@]2(C)CC[C@H]([C@H](C)C(=O)NCc3cccs3)[C@H](O)[C@H]2[C@@H]1C. The Morgan fingerprint density at radius 1 is 1.37 bits per heavy atom. The topological polar surface area (TPSA) is 87.7 Å². The van der Waals surface area contributed by atoms with Crippen molar-refractivity contribution in [3.8, 4) is 0 Å². The molecule has 0 unspecified atom stereocenters. The Kier molecular flexibility index (Phi) is 7.58. The molecule has 2 fully saturated rings. The highest BCUT2D eigenvalue weighted by molar-refractivity contribution is 7.09. The van der Waals surface area contributed by atoms with Crippen molar-refractivity contribution in [1.29, 1.82) is 0 Å². The Morgan fingerprint density at radius 3 is 2.77 bits per heavy atom. The third-order valence-corrected chi connectivity index (χ3v) is 8.46. The minimum absolute atomic E-state index is 0.00413. The first-order valence-electron chi connectivity index (χ1n) is 11.0. The van der Waals surface area contributed by atoms with E-state index in [1.54, 1.807) is 11.3 Å². The molecule has 7 atom stereocenters. The van der Waals surface area contributed by atoms with E-state index in [9.17, 15) is 14.7 Å². The second kappa shape index (κ2) is 9.79. The Labute approximate surface area is 183 Å². The number of fused-ring (bicyclic) bond motifs is 1. The largest absolute Gasteiger partial charge is 0.392 e. The Balaban J connectivity index is 1.66. The van der Waals surface area contributed by atoms with Gasteiger partial charge in [0, 0.05) is 23.9 Å². The second-order valence-corrected chi connectivity index (χ2v) is 10.5. The highest BCUT2D eigenvalue weighted by atomic mass is 32.1. The summed E-state index contributed by atoms with van der Waals surface area (Å²) in [5, 5.41) is 19.5. The van der Waals surface area contributed by atoms with Gasteiger partial charge in [0.25, 0.3) is 0 Å². The van der Waals surface area contributed by atoms with E-state index in [4.69, 9.17) is 4.74 Å². The summed E-state index contributed by atoms with van der Waals surface area (Å²) in [6.07, 6.45) is 3.20. The number of rotatable bonds is 7. The first-order chi connectivity index (χ1) is 14.3. The molecule has 0 aliphatic heterocycles. The van der Waals surface area contributed by atoms with Crippen LogP contribution in [0.2, 0.25) is 0 Å². The number of ether oxygens (including phenoxy) is 1. The molecule has 0 radical (unpaired) electrons. The highest BCUT2D eigenvalue weighted by Gasteiger charge is 2.53. The number of aliphatic hydroxyl groups excluding tert-OH is 1. The maximum absolute atomic E-state index is 12.8. The number of carbonyl (C=O) groups is 2. The fourth-order valence-corrected chi connectivity index (χ4v) is 6.46.